The second kappa shape index (κ2) is 7.74. The number of carbonyl (C=O) groups excluding carboxylic acids is 1. The quantitative estimate of drug-likeness (QED) is 0.911. The van der Waals surface area contributed by atoms with Crippen LogP contribution < -0.4 is 5.32 Å². The van der Waals surface area contributed by atoms with Crippen molar-refractivity contribution in [1.82, 2.24) is 20.2 Å². The summed E-state index contributed by atoms with van der Waals surface area (Å²) in [5.74, 6) is 1.28. The third kappa shape index (κ3) is 4.63. The maximum atomic E-state index is 12.3. The minimum atomic E-state index is 0.00269. The van der Waals surface area contributed by atoms with Gasteiger partial charge in [0.05, 0.1) is 5.69 Å². The molecule has 0 saturated carbocycles. The summed E-state index contributed by atoms with van der Waals surface area (Å²) in [7, 11) is 0. The minimum absolute atomic E-state index is 0.00269. The zero-order chi connectivity index (χ0) is 17.8. The van der Waals surface area contributed by atoms with Gasteiger partial charge in [-0.1, -0.05) is 26.0 Å². The number of aromatic nitrogens is 2. The molecule has 1 amide bonds. The van der Waals surface area contributed by atoms with Gasteiger partial charge in [-0.2, -0.15) is 0 Å². The zero-order valence-corrected chi connectivity index (χ0v) is 15.2. The number of rotatable bonds is 5. The lowest BCUT2D eigenvalue weighted by molar-refractivity contribution is 0.0949. The number of carbonyl (C=O) groups is 1. The molecule has 0 bridgehead atoms. The number of aryl methyl sites for hydroxylation is 1. The van der Waals surface area contributed by atoms with Crippen LogP contribution in [-0.4, -0.2) is 33.9 Å². The van der Waals surface area contributed by atoms with Gasteiger partial charge in [0.25, 0.3) is 5.91 Å². The van der Waals surface area contributed by atoms with Gasteiger partial charge in [-0.25, -0.2) is 9.97 Å². The number of nitrogens with zero attached hydrogens (tertiary/aromatic N) is 3. The number of fused-ring (bicyclic) bond motifs is 1. The van der Waals surface area contributed by atoms with Crippen molar-refractivity contribution in [2.45, 2.75) is 40.3 Å². The molecule has 0 aliphatic carbocycles. The molecule has 5 heteroatoms. The minimum Gasteiger partial charge on any atom is -0.352 e. The van der Waals surface area contributed by atoms with Gasteiger partial charge < -0.3 is 5.32 Å². The highest BCUT2D eigenvalue weighted by molar-refractivity contribution is 5.94. The summed E-state index contributed by atoms with van der Waals surface area (Å²) in [6.45, 7) is 9.47. The molecule has 1 aliphatic rings. The van der Waals surface area contributed by atoms with E-state index in [-0.39, 0.29) is 5.91 Å². The standard InChI is InChI=1S/C20H26N4O/c1-14(2)10-22-20(25)17-6-4-5-16(9-17)12-24-8-7-18-11-21-15(3)23-19(18)13-24/h4-6,9,11,14H,7-8,10,12-13H2,1-3H3,(H,22,25). The third-order valence-corrected chi connectivity index (χ3v) is 4.41. The van der Waals surface area contributed by atoms with Gasteiger partial charge >= 0.3 is 0 Å². The second-order valence-corrected chi connectivity index (χ2v) is 7.15. The predicted molar refractivity (Wildman–Crippen MR) is 98.2 cm³/mol. The fraction of sp³-hybridized carbons (Fsp3) is 0.450. The lowest BCUT2D eigenvalue weighted by atomic mass is 10.0. The molecule has 2 aromatic rings. The van der Waals surface area contributed by atoms with Crippen molar-refractivity contribution in [2.75, 3.05) is 13.1 Å². The van der Waals surface area contributed by atoms with Crippen LogP contribution in [0.5, 0.6) is 0 Å². The van der Waals surface area contributed by atoms with E-state index in [9.17, 15) is 4.79 Å². The molecule has 1 aromatic heterocycles. The molecule has 1 N–H and O–H groups in total. The Morgan fingerprint density at radius 2 is 2.20 bits per heavy atom. The Balaban J connectivity index is 1.65. The molecule has 0 atom stereocenters. The van der Waals surface area contributed by atoms with Gasteiger partial charge in [-0.15, -0.1) is 0 Å². The number of nitrogens with one attached hydrogen (secondary N) is 1. The van der Waals surface area contributed by atoms with E-state index < -0.39 is 0 Å². The van der Waals surface area contributed by atoms with Crippen LogP contribution in [-0.2, 0) is 19.5 Å². The molecule has 5 nitrogen and oxygen atoms in total. The Morgan fingerprint density at radius 3 is 3.00 bits per heavy atom. The van der Waals surface area contributed by atoms with E-state index in [1.54, 1.807) is 0 Å². The molecule has 3 rings (SSSR count). The van der Waals surface area contributed by atoms with Crippen molar-refractivity contribution in [1.29, 1.82) is 0 Å². The smallest absolute Gasteiger partial charge is 0.251 e. The van der Waals surface area contributed by atoms with Crippen LogP contribution in [0.4, 0.5) is 0 Å². The summed E-state index contributed by atoms with van der Waals surface area (Å²) in [5, 5.41) is 2.98. The lowest BCUT2D eigenvalue weighted by Gasteiger charge is -2.28. The summed E-state index contributed by atoms with van der Waals surface area (Å²) >= 11 is 0. The maximum Gasteiger partial charge on any atom is 0.251 e. The van der Waals surface area contributed by atoms with Crippen molar-refractivity contribution >= 4 is 5.91 Å². The first kappa shape index (κ1) is 17.5. The van der Waals surface area contributed by atoms with Crippen molar-refractivity contribution in [3.63, 3.8) is 0 Å². The molecule has 132 valence electrons. The first-order valence-corrected chi connectivity index (χ1v) is 8.92. The van der Waals surface area contributed by atoms with Crippen LogP contribution in [0, 0.1) is 12.8 Å². The molecule has 0 unspecified atom stereocenters. The van der Waals surface area contributed by atoms with Crippen LogP contribution in [0.25, 0.3) is 0 Å². The summed E-state index contributed by atoms with van der Waals surface area (Å²) in [5.41, 5.74) is 4.27. The van der Waals surface area contributed by atoms with E-state index in [0.717, 1.165) is 48.7 Å². The molecule has 1 aliphatic heterocycles. The Hall–Kier alpha value is -2.27. The fourth-order valence-corrected chi connectivity index (χ4v) is 3.06. The van der Waals surface area contributed by atoms with Gasteiger partial charge in [0.2, 0.25) is 0 Å². The van der Waals surface area contributed by atoms with Crippen molar-refractivity contribution < 1.29 is 4.79 Å². The number of amides is 1. The molecule has 1 aromatic carbocycles. The normalized spacial score (nSPS) is 14.4. The zero-order valence-electron chi connectivity index (χ0n) is 15.2. The molecule has 0 radical (unpaired) electrons. The van der Waals surface area contributed by atoms with Crippen LogP contribution in [0.1, 0.15) is 46.9 Å². The Kier molecular flexibility index (Phi) is 5.43. The van der Waals surface area contributed by atoms with E-state index in [0.29, 0.717) is 12.5 Å². The molecular formula is C20H26N4O. The first-order chi connectivity index (χ1) is 12.0. The van der Waals surface area contributed by atoms with Gasteiger partial charge in [-0.3, -0.25) is 9.69 Å². The molecule has 0 fully saturated rings. The van der Waals surface area contributed by atoms with E-state index >= 15 is 0 Å². The average molecular weight is 338 g/mol. The fourth-order valence-electron chi connectivity index (χ4n) is 3.06. The highest BCUT2D eigenvalue weighted by Crippen LogP contribution is 2.19. The van der Waals surface area contributed by atoms with Gasteiger partial charge in [0, 0.05) is 37.9 Å². The van der Waals surface area contributed by atoms with Crippen molar-refractivity contribution in [2.24, 2.45) is 5.92 Å². The largest absolute Gasteiger partial charge is 0.352 e. The summed E-state index contributed by atoms with van der Waals surface area (Å²) in [4.78, 5) is 23.5. The molecule has 0 saturated heterocycles. The van der Waals surface area contributed by atoms with Crippen molar-refractivity contribution in [3.05, 3.63) is 58.7 Å². The number of hydrogen-bond acceptors (Lipinski definition) is 4. The van der Waals surface area contributed by atoms with E-state index in [1.807, 2.05) is 31.3 Å². The summed E-state index contributed by atoms with van der Waals surface area (Å²) < 4.78 is 0. The van der Waals surface area contributed by atoms with E-state index in [1.165, 1.54) is 5.56 Å². The molecule has 25 heavy (non-hydrogen) atoms. The van der Waals surface area contributed by atoms with Gasteiger partial charge in [0.1, 0.15) is 5.82 Å². The number of hydrogen-bond donors (Lipinski definition) is 1. The molecule has 0 spiro atoms. The van der Waals surface area contributed by atoms with Crippen LogP contribution >= 0.6 is 0 Å². The van der Waals surface area contributed by atoms with Gasteiger partial charge in [-0.05, 0) is 42.5 Å². The highest BCUT2D eigenvalue weighted by atomic mass is 16.1. The molecule has 2 heterocycles. The Morgan fingerprint density at radius 1 is 1.36 bits per heavy atom. The topological polar surface area (TPSA) is 58.1 Å². The predicted octanol–water partition coefficient (Wildman–Crippen LogP) is 2.73. The average Bonchev–Trinajstić information content (AvgIpc) is 2.59. The summed E-state index contributed by atoms with van der Waals surface area (Å²) in [6.07, 6.45) is 2.93. The van der Waals surface area contributed by atoms with Crippen LogP contribution in [0.15, 0.2) is 30.5 Å². The highest BCUT2D eigenvalue weighted by Gasteiger charge is 2.18. The lowest BCUT2D eigenvalue weighted by Crippen LogP contribution is -2.31. The monoisotopic (exact) mass is 338 g/mol. The summed E-state index contributed by atoms with van der Waals surface area (Å²) in [6, 6.07) is 7.92. The van der Waals surface area contributed by atoms with Gasteiger partial charge in [0.15, 0.2) is 0 Å². The number of benzene rings is 1. The third-order valence-electron chi connectivity index (χ3n) is 4.41. The second-order valence-electron chi connectivity index (χ2n) is 7.15. The van der Waals surface area contributed by atoms with Crippen molar-refractivity contribution in [3.8, 4) is 0 Å². The first-order valence-electron chi connectivity index (χ1n) is 8.92. The Bertz CT molecular complexity index is 757. The SMILES string of the molecule is Cc1ncc2c(n1)CN(Cc1cccc(C(=O)NCC(C)C)c1)CC2. The molecular weight excluding hydrogens is 312 g/mol. The maximum absolute atomic E-state index is 12.3. The van der Waals surface area contributed by atoms with Crippen LogP contribution in [0.3, 0.4) is 0 Å². The van der Waals surface area contributed by atoms with Crippen LogP contribution in [0.2, 0.25) is 0 Å². The Labute approximate surface area is 149 Å². The van der Waals surface area contributed by atoms with E-state index in [2.05, 4.69) is 40.1 Å². The van der Waals surface area contributed by atoms with E-state index in [4.69, 9.17) is 0 Å².